The molecule has 0 spiro atoms. The number of nitrogens with two attached hydrogens (primary N) is 2. The van der Waals surface area contributed by atoms with Gasteiger partial charge in [-0.05, 0) is 73.2 Å². The third-order valence-electron chi connectivity index (χ3n) is 13.3. The van der Waals surface area contributed by atoms with Crippen molar-refractivity contribution in [2.75, 3.05) is 13.1 Å². The van der Waals surface area contributed by atoms with Crippen LogP contribution in [0.15, 0.2) is 66.3 Å². The molecule has 0 unspecified atom stereocenters. The van der Waals surface area contributed by atoms with Gasteiger partial charge in [0, 0.05) is 65.6 Å². The summed E-state index contributed by atoms with van der Waals surface area (Å²) < 4.78 is 1.63. The van der Waals surface area contributed by atoms with Crippen molar-refractivity contribution in [2.24, 2.45) is 17.4 Å². The average Bonchev–Trinajstić information content (AvgIpc) is 4.21. The minimum absolute atomic E-state index is 0.00235. The molecule has 5 aromatic rings. The van der Waals surface area contributed by atoms with E-state index in [9.17, 15) is 28.8 Å². The lowest BCUT2D eigenvalue weighted by molar-refractivity contribution is -0.144. The lowest BCUT2D eigenvalue weighted by Crippen LogP contribution is -2.60. The number of benzene rings is 1. The van der Waals surface area contributed by atoms with Gasteiger partial charge < -0.3 is 47.9 Å². The molecule has 22 heteroatoms. The van der Waals surface area contributed by atoms with Crippen LogP contribution in [0.4, 0.5) is 0 Å². The highest BCUT2D eigenvalue weighted by Gasteiger charge is 2.46. The molecule has 20 nitrogen and oxygen atoms in total. The summed E-state index contributed by atoms with van der Waals surface area (Å²) >= 11 is 3.18. The van der Waals surface area contributed by atoms with Crippen molar-refractivity contribution in [3.05, 3.63) is 71.9 Å². The number of hydrogen-bond acceptors (Lipinski definition) is 12. The molecule has 3 aliphatic rings. The zero-order valence-corrected chi connectivity index (χ0v) is 40.2. The van der Waals surface area contributed by atoms with E-state index < -0.39 is 89.9 Å². The number of H-pyrrole nitrogens is 1. The molecule has 0 radical (unpaired) electrons. The lowest BCUT2D eigenvalue weighted by Gasteiger charge is -2.35. The van der Waals surface area contributed by atoms with Crippen LogP contribution in [-0.2, 0) is 44.8 Å². The summed E-state index contributed by atoms with van der Waals surface area (Å²) in [5.41, 5.74) is 13.5. The Morgan fingerprint density at radius 1 is 0.757 bits per heavy atom. The Bertz CT molecular complexity index is 2710. The fourth-order valence-corrected chi connectivity index (χ4v) is 11.4. The van der Waals surface area contributed by atoms with Gasteiger partial charge in [-0.2, -0.15) is 0 Å². The van der Waals surface area contributed by atoms with Gasteiger partial charge in [-0.25, -0.2) is 4.68 Å². The van der Waals surface area contributed by atoms with E-state index in [1.807, 2.05) is 53.9 Å². The quantitative estimate of drug-likeness (QED) is 0.107. The van der Waals surface area contributed by atoms with Crippen LogP contribution < -0.4 is 38.1 Å². The van der Waals surface area contributed by atoms with E-state index in [0.717, 1.165) is 44.8 Å². The predicted octanol–water partition coefficient (Wildman–Crippen LogP) is 2.56. The van der Waals surface area contributed by atoms with Gasteiger partial charge in [-0.1, -0.05) is 48.7 Å². The first-order valence-corrected chi connectivity index (χ1v) is 25.5. The number of nitrogens with zero attached hydrogens (tertiary/aromatic N) is 4. The first-order valence-electron chi connectivity index (χ1n) is 23.8. The Hall–Kier alpha value is -6.94. The number of nitrogens with one attached hydrogen (secondary N) is 6. The van der Waals surface area contributed by atoms with Crippen LogP contribution in [0.5, 0.6) is 0 Å². The molecule has 1 aliphatic carbocycles. The van der Waals surface area contributed by atoms with Crippen molar-refractivity contribution in [1.29, 1.82) is 0 Å². The second-order valence-electron chi connectivity index (χ2n) is 18.2. The largest absolute Gasteiger partial charge is 0.370 e. The fourth-order valence-electron chi connectivity index (χ4n) is 9.62. The maximum atomic E-state index is 15.3. The summed E-state index contributed by atoms with van der Waals surface area (Å²) in [6.45, 7) is 0.165. The molecule has 70 heavy (non-hydrogen) atoms. The number of thiophene rings is 2. The zero-order chi connectivity index (χ0) is 49.3. The number of aromatic amines is 1. The molecule has 0 bridgehead atoms. The summed E-state index contributed by atoms with van der Waals surface area (Å²) in [5, 5.41) is 25.6. The highest BCUT2D eigenvalue weighted by molar-refractivity contribution is 7.23. The lowest BCUT2D eigenvalue weighted by atomic mass is 9.83. The van der Waals surface area contributed by atoms with Gasteiger partial charge in [0.15, 0.2) is 0 Å². The summed E-state index contributed by atoms with van der Waals surface area (Å²) in [5.74, 6) is -5.91. The number of amides is 8. The molecule has 8 rings (SSSR count). The Morgan fingerprint density at radius 2 is 1.51 bits per heavy atom. The van der Waals surface area contributed by atoms with E-state index >= 15 is 9.59 Å². The van der Waals surface area contributed by atoms with Crippen molar-refractivity contribution in [1.82, 2.24) is 51.5 Å². The van der Waals surface area contributed by atoms with E-state index in [1.54, 1.807) is 39.7 Å². The Balaban J connectivity index is 1.15. The minimum atomic E-state index is -1.47. The normalized spacial score (nSPS) is 24.3. The van der Waals surface area contributed by atoms with Crippen LogP contribution in [0.2, 0.25) is 0 Å². The Labute approximate surface area is 411 Å². The molecular weight excluding hydrogens is 937 g/mol. The van der Waals surface area contributed by atoms with Crippen molar-refractivity contribution < 1.29 is 38.4 Å². The van der Waals surface area contributed by atoms with Crippen LogP contribution in [0.3, 0.4) is 0 Å². The molecule has 4 aromatic heterocycles. The molecule has 370 valence electrons. The van der Waals surface area contributed by atoms with Crippen LogP contribution in [-0.4, -0.2) is 115 Å². The minimum Gasteiger partial charge on any atom is -0.370 e. The molecular formula is C48H58N12O8S2. The predicted molar refractivity (Wildman–Crippen MR) is 261 cm³/mol. The first-order chi connectivity index (χ1) is 33.8. The van der Waals surface area contributed by atoms with E-state index in [0.29, 0.717) is 36.9 Å². The monoisotopic (exact) mass is 994 g/mol. The van der Waals surface area contributed by atoms with Crippen LogP contribution in [0.25, 0.3) is 31.2 Å². The number of carbonyl (C=O) groups is 8. The molecule has 10 N–H and O–H groups in total. The van der Waals surface area contributed by atoms with E-state index in [2.05, 4.69) is 41.9 Å². The maximum absolute atomic E-state index is 15.3. The average molecular weight is 995 g/mol. The second-order valence-corrected chi connectivity index (χ2v) is 20.3. The molecule has 6 atom stereocenters. The smallest absolute Gasteiger partial charge is 0.246 e. The van der Waals surface area contributed by atoms with Gasteiger partial charge >= 0.3 is 0 Å². The fraction of sp³-hybridized carbons (Fsp3) is 0.458. The molecule has 1 aromatic carbocycles. The van der Waals surface area contributed by atoms with E-state index in [-0.39, 0.29) is 51.1 Å². The number of hydrogen-bond donors (Lipinski definition) is 8. The molecule has 8 amide bonds. The second kappa shape index (κ2) is 22.7. The maximum Gasteiger partial charge on any atom is 0.246 e. The van der Waals surface area contributed by atoms with Gasteiger partial charge in [-0.15, -0.1) is 27.8 Å². The number of carbonyl (C=O) groups excluding carboxylic acids is 8. The Kier molecular flexibility index (Phi) is 16.0. The topological polar surface area (TPSA) is 298 Å². The van der Waals surface area contributed by atoms with E-state index in [4.69, 9.17) is 11.5 Å². The zero-order valence-electron chi connectivity index (χ0n) is 38.5. The van der Waals surface area contributed by atoms with Crippen LogP contribution in [0, 0.1) is 5.92 Å². The van der Waals surface area contributed by atoms with Gasteiger partial charge in [-0.3, -0.25) is 38.4 Å². The molecule has 2 saturated heterocycles. The van der Waals surface area contributed by atoms with Crippen molar-refractivity contribution in [3.8, 4) is 20.3 Å². The molecule has 2 aliphatic heterocycles. The molecule has 3 fully saturated rings. The highest BCUT2D eigenvalue weighted by atomic mass is 32.1. The SMILES string of the molecule is NC(=O)C[C@@H]1NC(=O)CCC(=O)NCCCC[C@@H](C(N)=O)NC(=O)[C@H](Cc2c[nH]c3ccccc23)NC(=O)[C@@H]2C[C@H](n3cc(-c4ccc(-c5cccs5)s4)nn3)CN2C(=O)[C@H](C2CCCCC2)NC1=O. The van der Waals surface area contributed by atoms with Crippen LogP contribution in [0.1, 0.15) is 88.7 Å². The van der Waals surface area contributed by atoms with Gasteiger partial charge in [0.1, 0.15) is 35.9 Å². The first kappa shape index (κ1) is 49.5. The number of fused-ring (bicyclic) bond motifs is 2. The number of primary amides is 2. The summed E-state index contributed by atoms with van der Waals surface area (Å²) in [7, 11) is 0. The van der Waals surface area contributed by atoms with Crippen molar-refractivity contribution in [3.63, 3.8) is 0 Å². The summed E-state index contributed by atoms with van der Waals surface area (Å²) in [6.07, 6.45) is 6.96. The standard InChI is InChI=1S/C48H58N12O8S2/c49-40(61)23-34-46(66)56-43(27-9-2-1-3-10-27)48(68)59-25-29(60-26-35(57-58-60)37-15-16-39(70-37)38-14-8-20-69-38)22-36(59)47(67)55-33(21-28-24-52-31-12-5-4-11-30(28)31)45(65)54-32(44(50)64)13-6-7-19-51-41(62)17-18-42(63)53-34/h4-5,8,11-12,14-16,20,24,26-27,29,32-34,36,43,52H,1-3,6-7,9-10,13,17-19,21-23,25H2,(H2,49,61)(H2,50,64)(H,51,62)(H,53,63)(H,54,65)(H,55,67)(H,56,66)/t29-,32-,33-,34-,36-,43-/m0/s1. The number of rotatable bonds is 9. The third kappa shape index (κ3) is 12.1. The van der Waals surface area contributed by atoms with Gasteiger partial charge in [0.25, 0.3) is 0 Å². The third-order valence-corrected chi connectivity index (χ3v) is 15.5. The van der Waals surface area contributed by atoms with E-state index in [1.165, 1.54) is 4.90 Å². The molecule has 6 heterocycles. The summed E-state index contributed by atoms with van der Waals surface area (Å²) in [6, 6.07) is 8.67. The Morgan fingerprint density at radius 3 is 2.29 bits per heavy atom. The van der Waals surface area contributed by atoms with Crippen LogP contribution >= 0.6 is 22.7 Å². The van der Waals surface area contributed by atoms with Crippen molar-refractivity contribution >= 4 is 80.8 Å². The highest BCUT2D eigenvalue weighted by Crippen LogP contribution is 2.37. The number of para-hydroxylation sites is 1. The number of aromatic nitrogens is 4. The molecule has 1 saturated carbocycles. The van der Waals surface area contributed by atoms with Crippen molar-refractivity contribution in [2.45, 2.75) is 120 Å². The van der Waals surface area contributed by atoms with Gasteiger partial charge in [0.2, 0.25) is 47.3 Å². The van der Waals surface area contributed by atoms with Gasteiger partial charge in [0.05, 0.1) is 23.5 Å². The summed E-state index contributed by atoms with van der Waals surface area (Å²) in [4.78, 5) is 118.